The number of hydrogen-bond acceptors (Lipinski definition) is 4. The molecule has 4 rings (SSSR count). The van der Waals surface area contributed by atoms with Crippen molar-refractivity contribution in [3.63, 3.8) is 0 Å². The second-order valence-corrected chi connectivity index (χ2v) is 8.27. The summed E-state index contributed by atoms with van der Waals surface area (Å²) in [7, 11) is 0. The molecule has 0 saturated heterocycles. The zero-order valence-electron chi connectivity index (χ0n) is 18.1. The maximum atomic E-state index is 13.5. The molecule has 6 nitrogen and oxygen atoms in total. The fraction of sp³-hybridized carbons (Fsp3) is 0.348. The van der Waals surface area contributed by atoms with Gasteiger partial charge in [0.15, 0.2) is 17.5 Å². The van der Waals surface area contributed by atoms with Crippen LogP contribution in [-0.4, -0.2) is 41.0 Å². The van der Waals surface area contributed by atoms with E-state index in [4.69, 9.17) is 0 Å². The molecule has 0 unspecified atom stereocenters. The first-order valence-corrected chi connectivity index (χ1v) is 10.7. The van der Waals surface area contributed by atoms with Crippen molar-refractivity contribution in [1.29, 1.82) is 0 Å². The largest absolute Gasteiger partial charge is 0.573 e. The summed E-state index contributed by atoms with van der Waals surface area (Å²) >= 11 is 0. The summed E-state index contributed by atoms with van der Waals surface area (Å²) in [5, 5.41) is 2.25. The summed E-state index contributed by atoms with van der Waals surface area (Å²) in [5.74, 6) is -6.49. The van der Waals surface area contributed by atoms with E-state index in [0.717, 1.165) is 31.4 Å². The Morgan fingerprint density at radius 2 is 1.63 bits per heavy atom. The first-order valence-electron chi connectivity index (χ1n) is 10.7. The number of ether oxygens (including phenoxy) is 1. The van der Waals surface area contributed by atoms with Gasteiger partial charge in [-0.15, -0.1) is 13.2 Å². The summed E-state index contributed by atoms with van der Waals surface area (Å²) in [5.41, 5.74) is -1.11. The van der Waals surface area contributed by atoms with Gasteiger partial charge in [-0.2, -0.15) is 0 Å². The summed E-state index contributed by atoms with van der Waals surface area (Å²) in [6, 6.07) is 5.87. The van der Waals surface area contributed by atoms with E-state index in [1.807, 2.05) is 0 Å². The molecule has 1 fully saturated rings. The van der Waals surface area contributed by atoms with Gasteiger partial charge in [0.25, 0.3) is 5.91 Å². The SMILES string of the molecule is O=C(CN1C(=O)C(c2ccc(OC(F)(F)F)cc2)=NC12CCCCC2)Nc1cc(F)c(F)c(F)c1. The van der Waals surface area contributed by atoms with Crippen molar-refractivity contribution in [3.05, 3.63) is 59.4 Å². The van der Waals surface area contributed by atoms with Gasteiger partial charge in [0.1, 0.15) is 23.7 Å². The molecule has 2 aliphatic rings. The van der Waals surface area contributed by atoms with Crippen molar-refractivity contribution in [2.45, 2.75) is 44.1 Å². The zero-order chi connectivity index (χ0) is 25.4. The van der Waals surface area contributed by atoms with E-state index in [1.165, 1.54) is 17.0 Å². The lowest BCUT2D eigenvalue weighted by Crippen LogP contribution is -2.51. The fourth-order valence-corrected chi connectivity index (χ4v) is 4.33. The maximum absolute atomic E-state index is 13.5. The van der Waals surface area contributed by atoms with Crippen molar-refractivity contribution < 1.29 is 40.7 Å². The third kappa shape index (κ3) is 5.25. The zero-order valence-corrected chi connectivity index (χ0v) is 18.1. The highest BCUT2D eigenvalue weighted by Crippen LogP contribution is 2.39. The van der Waals surface area contributed by atoms with Crippen LogP contribution in [0.1, 0.15) is 37.7 Å². The number of carbonyl (C=O) groups is 2. The number of alkyl halides is 3. The van der Waals surface area contributed by atoms with Crippen molar-refractivity contribution in [1.82, 2.24) is 4.90 Å². The predicted molar refractivity (Wildman–Crippen MR) is 112 cm³/mol. The molecule has 1 aliphatic carbocycles. The number of nitrogens with zero attached hydrogens (tertiary/aromatic N) is 2. The van der Waals surface area contributed by atoms with Crippen LogP contribution < -0.4 is 10.1 Å². The molecule has 12 heteroatoms. The van der Waals surface area contributed by atoms with E-state index in [2.05, 4.69) is 15.0 Å². The normalized spacial score (nSPS) is 17.5. The Bertz CT molecular complexity index is 1150. The Morgan fingerprint density at radius 1 is 1.03 bits per heavy atom. The van der Waals surface area contributed by atoms with Crippen LogP contribution in [0.5, 0.6) is 5.75 Å². The Kier molecular flexibility index (Phi) is 6.48. The standard InChI is InChI=1S/C23H19F6N3O3/c24-16-10-14(11-17(25)19(16)26)30-18(33)12-32-21(34)20(31-22(32)8-2-1-3-9-22)13-4-6-15(7-5-13)35-23(27,28)29/h4-7,10-11H,1-3,8-9,12H2,(H,30,33). The maximum Gasteiger partial charge on any atom is 0.573 e. The van der Waals surface area contributed by atoms with Crippen LogP contribution >= 0.6 is 0 Å². The average Bonchev–Trinajstić information content (AvgIpc) is 3.03. The average molecular weight is 499 g/mol. The minimum Gasteiger partial charge on any atom is -0.406 e. The number of nitrogens with one attached hydrogen (secondary N) is 1. The van der Waals surface area contributed by atoms with Gasteiger partial charge in [-0.25, -0.2) is 13.2 Å². The molecule has 2 aromatic carbocycles. The number of rotatable bonds is 5. The minimum absolute atomic E-state index is 0.0165. The molecule has 0 atom stereocenters. The van der Waals surface area contributed by atoms with Gasteiger partial charge in [0, 0.05) is 23.4 Å². The van der Waals surface area contributed by atoms with Gasteiger partial charge in [0.05, 0.1) is 0 Å². The molecule has 1 heterocycles. The van der Waals surface area contributed by atoms with Crippen LogP contribution in [0.2, 0.25) is 0 Å². The number of amides is 2. The van der Waals surface area contributed by atoms with Crippen LogP contribution in [0, 0.1) is 17.5 Å². The van der Waals surface area contributed by atoms with Gasteiger partial charge < -0.3 is 15.0 Å². The molecule has 2 aromatic rings. The van der Waals surface area contributed by atoms with Crippen LogP contribution in [-0.2, 0) is 9.59 Å². The smallest absolute Gasteiger partial charge is 0.406 e. The van der Waals surface area contributed by atoms with E-state index in [0.29, 0.717) is 25.0 Å². The lowest BCUT2D eigenvalue weighted by atomic mass is 9.88. The third-order valence-corrected chi connectivity index (χ3v) is 5.86. The summed E-state index contributed by atoms with van der Waals surface area (Å²) in [4.78, 5) is 31.8. The Morgan fingerprint density at radius 3 is 2.20 bits per heavy atom. The third-order valence-electron chi connectivity index (χ3n) is 5.86. The molecule has 1 aliphatic heterocycles. The van der Waals surface area contributed by atoms with Crippen molar-refractivity contribution >= 4 is 23.2 Å². The first kappa shape index (κ1) is 24.6. The molecule has 1 spiro atoms. The van der Waals surface area contributed by atoms with Crippen molar-refractivity contribution in [2.24, 2.45) is 4.99 Å². The lowest BCUT2D eigenvalue weighted by Gasteiger charge is -2.38. The molecule has 1 saturated carbocycles. The quantitative estimate of drug-likeness (QED) is 0.469. The Hall–Kier alpha value is -3.57. The van der Waals surface area contributed by atoms with Crippen LogP contribution in [0.25, 0.3) is 0 Å². The Labute approximate surface area is 195 Å². The van der Waals surface area contributed by atoms with Gasteiger partial charge in [-0.1, -0.05) is 6.42 Å². The van der Waals surface area contributed by atoms with Gasteiger partial charge >= 0.3 is 6.36 Å². The highest BCUT2D eigenvalue weighted by Gasteiger charge is 2.48. The predicted octanol–water partition coefficient (Wildman–Crippen LogP) is 4.93. The number of halogens is 6. The number of benzene rings is 2. The summed E-state index contributed by atoms with van der Waals surface area (Å²) < 4.78 is 81.3. The van der Waals surface area contributed by atoms with Crippen molar-refractivity contribution in [2.75, 3.05) is 11.9 Å². The van der Waals surface area contributed by atoms with E-state index in [9.17, 15) is 35.9 Å². The monoisotopic (exact) mass is 499 g/mol. The highest BCUT2D eigenvalue weighted by molar-refractivity contribution is 6.47. The summed E-state index contributed by atoms with van der Waals surface area (Å²) in [6.45, 7) is -0.498. The molecule has 0 radical (unpaired) electrons. The minimum atomic E-state index is -4.87. The molecular formula is C23H19F6N3O3. The molecule has 1 N–H and O–H groups in total. The summed E-state index contributed by atoms with van der Waals surface area (Å²) in [6.07, 6.45) is -1.58. The molecule has 186 valence electrons. The van der Waals surface area contributed by atoms with Gasteiger partial charge in [-0.3, -0.25) is 14.6 Å². The lowest BCUT2D eigenvalue weighted by molar-refractivity contribution is -0.274. The molecule has 2 amide bonds. The number of carbonyl (C=O) groups excluding carboxylic acids is 2. The molecular weight excluding hydrogens is 480 g/mol. The number of anilines is 1. The van der Waals surface area contributed by atoms with E-state index < -0.39 is 53.6 Å². The number of hydrogen-bond donors (Lipinski definition) is 1. The second-order valence-electron chi connectivity index (χ2n) is 8.27. The van der Waals surface area contributed by atoms with Crippen LogP contribution in [0.15, 0.2) is 41.4 Å². The molecule has 0 aromatic heterocycles. The van der Waals surface area contributed by atoms with E-state index >= 15 is 0 Å². The van der Waals surface area contributed by atoms with E-state index in [-0.39, 0.29) is 17.0 Å². The van der Waals surface area contributed by atoms with E-state index in [1.54, 1.807) is 0 Å². The topological polar surface area (TPSA) is 71.0 Å². The van der Waals surface area contributed by atoms with Crippen molar-refractivity contribution in [3.8, 4) is 5.75 Å². The van der Waals surface area contributed by atoms with Crippen LogP contribution in [0.4, 0.5) is 32.0 Å². The number of aliphatic imine (C=N–C) groups is 1. The highest BCUT2D eigenvalue weighted by atomic mass is 19.4. The van der Waals surface area contributed by atoms with Crippen LogP contribution in [0.3, 0.4) is 0 Å². The first-order chi connectivity index (χ1) is 16.5. The molecule has 35 heavy (non-hydrogen) atoms. The Balaban J connectivity index is 1.56. The second kappa shape index (κ2) is 9.23. The van der Waals surface area contributed by atoms with Gasteiger partial charge in [0.2, 0.25) is 5.91 Å². The fourth-order valence-electron chi connectivity index (χ4n) is 4.33. The van der Waals surface area contributed by atoms with Gasteiger partial charge in [-0.05, 0) is 49.9 Å². The molecule has 0 bridgehead atoms.